The molecule has 1 saturated carbocycles. The number of nitrogens with zero attached hydrogens (tertiary/aromatic N) is 1. The lowest BCUT2D eigenvalue weighted by molar-refractivity contribution is 0.151. The molecule has 0 N–H and O–H groups in total. The summed E-state index contributed by atoms with van der Waals surface area (Å²) in [6.07, 6.45) is 5.25. The molecule has 1 aliphatic carbocycles. The number of alkyl halides is 1. The van der Waals surface area contributed by atoms with Crippen LogP contribution in [0, 0.1) is 17.8 Å². The monoisotopic (exact) mass is 219 g/mol. The fourth-order valence-corrected chi connectivity index (χ4v) is 2.24. The lowest BCUT2D eigenvalue weighted by Crippen LogP contribution is -2.34. The Bertz CT molecular complexity index is 223. The van der Waals surface area contributed by atoms with Crippen molar-refractivity contribution in [1.82, 2.24) is 0 Å². The summed E-state index contributed by atoms with van der Waals surface area (Å²) in [4.78, 5) is 3.86. The molecule has 0 amide bonds. The van der Waals surface area contributed by atoms with Crippen LogP contribution in [0.3, 0.4) is 0 Å². The van der Waals surface area contributed by atoms with E-state index in [-0.39, 0.29) is 0 Å². The molecule has 3 atom stereocenters. The maximum atomic E-state index is 5.82. The molecule has 0 aliphatic heterocycles. The molecular formula is C10H15Cl2N. The van der Waals surface area contributed by atoms with E-state index in [9.17, 15) is 0 Å². The van der Waals surface area contributed by atoms with E-state index in [1.165, 1.54) is 6.42 Å². The molecule has 0 bridgehead atoms. The van der Waals surface area contributed by atoms with E-state index in [1.807, 2.05) is 6.08 Å². The zero-order chi connectivity index (χ0) is 9.84. The number of rotatable bonds is 3. The molecule has 0 aromatic heterocycles. The van der Waals surface area contributed by atoms with Crippen LogP contribution in [0.4, 0.5) is 0 Å². The van der Waals surface area contributed by atoms with E-state index < -0.39 is 0 Å². The summed E-state index contributed by atoms with van der Waals surface area (Å²) < 4.78 is 0. The summed E-state index contributed by atoms with van der Waals surface area (Å²) in [6, 6.07) is 0. The first-order valence-electron chi connectivity index (χ1n) is 4.55. The Balaban J connectivity index is 2.48. The van der Waals surface area contributed by atoms with Crippen LogP contribution in [0.2, 0.25) is 0 Å². The SMILES string of the molecule is C/N=C(Cl)\C=C/C1C(C)CC1CCl. The highest BCUT2D eigenvalue weighted by Crippen LogP contribution is 2.41. The number of aliphatic imine (C=N–C) groups is 1. The lowest BCUT2D eigenvalue weighted by Gasteiger charge is -2.40. The molecule has 0 spiro atoms. The van der Waals surface area contributed by atoms with Gasteiger partial charge in [0.25, 0.3) is 0 Å². The van der Waals surface area contributed by atoms with Crippen LogP contribution in [0.5, 0.6) is 0 Å². The summed E-state index contributed by atoms with van der Waals surface area (Å²) in [6.45, 7) is 2.25. The fraction of sp³-hybridized carbons (Fsp3) is 0.700. The molecule has 0 saturated heterocycles. The smallest absolute Gasteiger partial charge is 0.122 e. The first-order valence-corrected chi connectivity index (χ1v) is 5.46. The van der Waals surface area contributed by atoms with Crippen molar-refractivity contribution in [2.75, 3.05) is 12.9 Å². The molecule has 74 valence electrons. The molecule has 0 aromatic carbocycles. The van der Waals surface area contributed by atoms with Gasteiger partial charge in [-0.15, -0.1) is 11.6 Å². The van der Waals surface area contributed by atoms with Crippen molar-refractivity contribution in [3.63, 3.8) is 0 Å². The second kappa shape index (κ2) is 5.02. The maximum absolute atomic E-state index is 5.82. The van der Waals surface area contributed by atoms with Gasteiger partial charge in [-0.3, -0.25) is 4.99 Å². The maximum Gasteiger partial charge on any atom is 0.122 e. The third-order valence-corrected chi connectivity index (χ3v) is 3.44. The summed E-state index contributed by atoms with van der Waals surface area (Å²) >= 11 is 11.6. The van der Waals surface area contributed by atoms with Crippen molar-refractivity contribution < 1.29 is 0 Å². The van der Waals surface area contributed by atoms with E-state index in [0.29, 0.717) is 17.0 Å². The Hall–Kier alpha value is -0.0100. The molecular weight excluding hydrogens is 205 g/mol. The van der Waals surface area contributed by atoms with Crippen molar-refractivity contribution in [1.29, 1.82) is 0 Å². The van der Waals surface area contributed by atoms with Gasteiger partial charge in [0.2, 0.25) is 0 Å². The van der Waals surface area contributed by atoms with E-state index >= 15 is 0 Å². The molecule has 0 radical (unpaired) electrons. The van der Waals surface area contributed by atoms with E-state index in [0.717, 1.165) is 11.8 Å². The van der Waals surface area contributed by atoms with Crippen LogP contribution in [0.15, 0.2) is 17.1 Å². The number of allylic oxidation sites excluding steroid dienone is 2. The van der Waals surface area contributed by atoms with Crippen LogP contribution in [-0.2, 0) is 0 Å². The van der Waals surface area contributed by atoms with Crippen molar-refractivity contribution in [3.8, 4) is 0 Å². The molecule has 0 heterocycles. The predicted molar refractivity (Wildman–Crippen MR) is 59.8 cm³/mol. The summed E-state index contributed by atoms with van der Waals surface area (Å²) in [5.74, 6) is 2.71. The molecule has 1 rings (SSSR count). The first kappa shape index (κ1) is 11.1. The molecule has 13 heavy (non-hydrogen) atoms. The second-order valence-electron chi connectivity index (χ2n) is 3.61. The summed E-state index contributed by atoms with van der Waals surface area (Å²) in [7, 11) is 1.69. The zero-order valence-corrected chi connectivity index (χ0v) is 9.52. The van der Waals surface area contributed by atoms with Crippen molar-refractivity contribution in [2.24, 2.45) is 22.7 Å². The Labute approximate surface area is 89.8 Å². The van der Waals surface area contributed by atoms with Gasteiger partial charge in [-0.2, -0.15) is 0 Å². The molecule has 3 unspecified atom stereocenters. The Morgan fingerprint density at radius 1 is 1.62 bits per heavy atom. The minimum atomic E-state index is 0.562. The van der Waals surface area contributed by atoms with Gasteiger partial charge in [-0.1, -0.05) is 24.6 Å². The minimum absolute atomic E-state index is 0.562. The average molecular weight is 220 g/mol. The molecule has 1 aliphatic rings. The molecule has 1 nitrogen and oxygen atoms in total. The van der Waals surface area contributed by atoms with Gasteiger partial charge in [-0.05, 0) is 30.3 Å². The predicted octanol–water partition coefficient (Wildman–Crippen LogP) is 3.32. The third kappa shape index (κ3) is 2.72. The van der Waals surface area contributed by atoms with Gasteiger partial charge in [0.15, 0.2) is 0 Å². The van der Waals surface area contributed by atoms with E-state index in [2.05, 4.69) is 18.0 Å². The van der Waals surface area contributed by atoms with Crippen LogP contribution in [0.25, 0.3) is 0 Å². The number of hydrogen-bond donors (Lipinski definition) is 0. The molecule has 3 heteroatoms. The number of halogens is 2. The highest BCUT2D eigenvalue weighted by molar-refractivity contribution is 6.68. The van der Waals surface area contributed by atoms with Crippen LogP contribution in [-0.4, -0.2) is 18.1 Å². The fourth-order valence-electron chi connectivity index (χ4n) is 1.84. The summed E-state index contributed by atoms with van der Waals surface area (Å²) in [5, 5.41) is 0.562. The van der Waals surface area contributed by atoms with Gasteiger partial charge in [0.05, 0.1) is 0 Å². The standard InChI is InChI=1S/C10H15Cl2N/c1-7-5-8(6-11)9(7)3-4-10(12)13-2/h3-4,7-9H,5-6H2,1-2H3/b4-3-,13-10+. The normalized spacial score (nSPS) is 35.1. The van der Waals surface area contributed by atoms with Gasteiger partial charge in [-0.25, -0.2) is 0 Å². The highest BCUT2D eigenvalue weighted by Gasteiger charge is 2.35. The Morgan fingerprint density at radius 2 is 2.31 bits per heavy atom. The van der Waals surface area contributed by atoms with Crippen molar-refractivity contribution in [2.45, 2.75) is 13.3 Å². The summed E-state index contributed by atoms with van der Waals surface area (Å²) in [5.41, 5.74) is 0. The first-order chi connectivity index (χ1) is 6.19. The third-order valence-electron chi connectivity index (χ3n) is 2.74. The zero-order valence-electron chi connectivity index (χ0n) is 8.00. The number of hydrogen-bond acceptors (Lipinski definition) is 1. The highest BCUT2D eigenvalue weighted by atomic mass is 35.5. The Morgan fingerprint density at radius 3 is 2.77 bits per heavy atom. The van der Waals surface area contributed by atoms with Crippen LogP contribution in [0.1, 0.15) is 13.3 Å². The van der Waals surface area contributed by atoms with E-state index in [1.54, 1.807) is 7.05 Å². The topological polar surface area (TPSA) is 12.4 Å². The Kier molecular flexibility index (Phi) is 4.27. The van der Waals surface area contributed by atoms with Gasteiger partial charge in [0, 0.05) is 12.9 Å². The lowest BCUT2D eigenvalue weighted by atomic mass is 9.66. The van der Waals surface area contributed by atoms with Crippen LogP contribution < -0.4 is 0 Å². The van der Waals surface area contributed by atoms with Gasteiger partial charge >= 0.3 is 0 Å². The largest absolute Gasteiger partial charge is 0.277 e. The van der Waals surface area contributed by atoms with Crippen LogP contribution >= 0.6 is 23.2 Å². The second-order valence-corrected chi connectivity index (χ2v) is 4.31. The minimum Gasteiger partial charge on any atom is -0.277 e. The van der Waals surface area contributed by atoms with Gasteiger partial charge in [0.1, 0.15) is 5.17 Å². The van der Waals surface area contributed by atoms with Gasteiger partial charge < -0.3 is 0 Å². The van der Waals surface area contributed by atoms with Crippen molar-refractivity contribution in [3.05, 3.63) is 12.2 Å². The van der Waals surface area contributed by atoms with E-state index in [4.69, 9.17) is 23.2 Å². The van der Waals surface area contributed by atoms with Crippen molar-refractivity contribution >= 4 is 28.4 Å². The average Bonchev–Trinajstić information content (AvgIpc) is 2.13. The molecule has 0 aromatic rings. The quantitative estimate of drug-likeness (QED) is 0.511. The molecule has 1 fully saturated rings.